The Bertz CT molecular complexity index is 370. The van der Waals surface area contributed by atoms with Gasteiger partial charge in [0.05, 0.1) is 19.7 Å². The highest BCUT2D eigenvalue weighted by Gasteiger charge is 2.27. The molecule has 0 spiro atoms. The van der Waals surface area contributed by atoms with Gasteiger partial charge in [-0.05, 0) is 6.92 Å². The van der Waals surface area contributed by atoms with Crippen LogP contribution in [0.2, 0.25) is 0 Å². The molecule has 1 fully saturated rings. The van der Waals surface area contributed by atoms with Crippen molar-refractivity contribution in [3.05, 3.63) is 12.7 Å². The highest BCUT2D eigenvalue weighted by Crippen LogP contribution is 2.00. The topological polar surface area (TPSA) is 79.0 Å². The molecule has 7 heteroatoms. The van der Waals surface area contributed by atoms with E-state index < -0.39 is 5.97 Å². The van der Waals surface area contributed by atoms with Crippen LogP contribution in [0.1, 0.15) is 6.92 Å². The maximum absolute atomic E-state index is 11.9. The molecule has 1 saturated heterocycles. The molecule has 1 heterocycles. The smallest absolute Gasteiger partial charge is 0.324 e. The van der Waals surface area contributed by atoms with E-state index in [1.807, 2.05) is 0 Å². The average molecular weight is 269 g/mol. The lowest BCUT2D eigenvalue weighted by Gasteiger charge is -2.21. The first kappa shape index (κ1) is 15.2. The van der Waals surface area contributed by atoms with Crippen LogP contribution in [0.25, 0.3) is 0 Å². The molecule has 0 saturated carbocycles. The number of esters is 1. The molecule has 1 N–H and O–H groups in total. The molecular formula is C12H19N3O4. The van der Waals surface area contributed by atoms with Crippen LogP contribution < -0.4 is 5.32 Å². The van der Waals surface area contributed by atoms with Gasteiger partial charge in [-0.3, -0.25) is 19.4 Å². The quantitative estimate of drug-likeness (QED) is 0.502. The number of hydrogen-bond acceptors (Lipinski definition) is 5. The minimum atomic E-state index is -0.400. The molecule has 106 valence electrons. The van der Waals surface area contributed by atoms with Crippen molar-refractivity contribution in [2.24, 2.45) is 0 Å². The summed E-state index contributed by atoms with van der Waals surface area (Å²) >= 11 is 0. The summed E-state index contributed by atoms with van der Waals surface area (Å²) in [4.78, 5) is 37.4. The van der Waals surface area contributed by atoms with E-state index in [1.54, 1.807) is 17.9 Å². The maximum atomic E-state index is 11.9. The minimum Gasteiger partial charge on any atom is -0.465 e. The van der Waals surface area contributed by atoms with Crippen molar-refractivity contribution in [2.75, 3.05) is 39.3 Å². The number of amides is 3. The summed E-state index contributed by atoms with van der Waals surface area (Å²) < 4.78 is 4.83. The van der Waals surface area contributed by atoms with Crippen LogP contribution in [0.5, 0.6) is 0 Å². The van der Waals surface area contributed by atoms with E-state index in [-0.39, 0.29) is 25.0 Å². The molecule has 0 bridgehead atoms. The summed E-state index contributed by atoms with van der Waals surface area (Å²) in [6.45, 7) is 6.77. The molecule has 0 unspecified atom stereocenters. The number of rotatable bonds is 7. The van der Waals surface area contributed by atoms with Crippen molar-refractivity contribution >= 4 is 17.9 Å². The van der Waals surface area contributed by atoms with Crippen molar-refractivity contribution in [1.82, 2.24) is 15.1 Å². The second kappa shape index (κ2) is 7.52. The van der Waals surface area contributed by atoms with Crippen molar-refractivity contribution in [1.29, 1.82) is 0 Å². The van der Waals surface area contributed by atoms with Gasteiger partial charge in [0.2, 0.25) is 5.91 Å². The van der Waals surface area contributed by atoms with Gasteiger partial charge in [0, 0.05) is 19.6 Å². The molecule has 0 aromatic heterocycles. The van der Waals surface area contributed by atoms with Gasteiger partial charge in [0.15, 0.2) is 0 Å². The molecule has 19 heavy (non-hydrogen) atoms. The third kappa shape index (κ3) is 4.70. The first-order chi connectivity index (χ1) is 9.08. The Morgan fingerprint density at radius 2 is 2.26 bits per heavy atom. The monoisotopic (exact) mass is 269 g/mol. The molecule has 0 aliphatic carbocycles. The molecule has 0 radical (unpaired) electrons. The normalized spacial score (nSPS) is 14.4. The molecule has 1 aliphatic heterocycles. The van der Waals surface area contributed by atoms with Crippen LogP contribution in [0.3, 0.4) is 0 Å². The summed E-state index contributed by atoms with van der Waals surface area (Å²) in [5, 5.41) is 2.55. The van der Waals surface area contributed by atoms with Gasteiger partial charge < -0.3 is 10.1 Å². The summed E-state index contributed by atoms with van der Waals surface area (Å²) in [5.41, 5.74) is 0. The van der Waals surface area contributed by atoms with Crippen LogP contribution in [-0.2, 0) is 14.3 Å². The third-order valence-electron chi connectivity index (χ3n) is 2.56. The van der Waals surface area contributed by atoms with E-state index in [1.165, 1.54) is 0 Å². The fourth-order valence-electron chi connectivity index (χ4n) is 1.74. The minimum absolute atomic E-state index is 0.00105. The van der Waals surface area contributed by atoms with Gasteiger partial charge in [0.25, 0.3) is 0 Å². The Morgan fingerprint density at radius 3 is 2.79 bits per heavy atom. The first-order valence-corrected chi connectivity index (χ1v) is 6.15. The Labute approximate surface area is 112 Å². The number of imide groups is 1. The van der Waals surface area contributed by atoms with Crippen LogP contribution in [0, 0.1) is 0 Å². The Balaban J connectivity index is 2.52. The predicted octanol–water partition coefficient (Wildman–Crippen LogP) is -0.411. The number of ether oxygens (including phenoxy) is 1. The van der Waals surface area contributed by atoms with Crippen LogP contribution in [0.15, 0.2) is 12.7 Å². The van der Waals surface area contributed by atoms with E-state index in [0.717, 1.165) is 4.90 Å². The second-order valence-electron chi connectivity index (χ2n) is 4.04. The molecule has 0 aromatic carbocycles. The largest absolute Gasteiger partial charge is 0.465 e. The zero-order valence-electron chi connectivity index (χ0n) is 11.1. The summed E-state index contributed by atoms with van der Waals surface area (Å²) in [7, 11) is 0. The van der Waals surface area contributed by atoms with Gasteiger partial charge in [-0.25, -0.2) is 4.79 Å². The van der Waals surface area contributed by atoms with E-state index in [2.05, 4.69) is 11.9 Å². The van der Waals surface area contributed by atoms with Crippen LogP contribution in [-0.4, -0.2) is 67.0 Å². The van der Waals surface area contributed by atoms with Gasteiger partial charge >= 0.3 is 12.0 Å². The van der Waals surface area contributed by atoms with Crippen molar-refractivity contribution in [3.63, 3.8) is 0 Å². The maximum Gasteiger partial charge on any atom is 0.324 e. The summed E-state index contributed by atoms with van der Waals surface area (Å²) in [5.74, 6) is -0.732. The summed E-state index contributed by atoms with van der Waals surface area (Å²) in [6, 6.07) is -0.389. The van der Waals surface area contributed by atoms with Gasteiger partial charge in [-0.2, -0.15) is 0 Å². The van der Waals surface area contributed by atoms with Crippen LogP contribution in [0.4, 0.5) is 4.79 Å². The third-order valence-corrected chi connectivity index (χ3v) is 2.56. The van der Waals surface area contributed by atoms with E-state index in [9.17, 15) is 14.4 Å². The van der Waals surface area contributed by atoms with Crippen molar-refractivity contribution < 1.29 is 19.1 Å². The Morgan fingerprint density at radius 1 is 1.53 bits per heavy atom. The lowest BCUT2D eigenvalue weighted by molar-refractivity contribution is -0.144. The molecule has 0 aromatic rings. The van der Waals surface area contributed by atoms with Crippen molar-refractivity contribution in [2.45, 2.75) is 6.92 Å². The fourth-order valence-corrected chi connectivity index (χ4v) is 1.74. The standard InChI is InChI=1S/C12H19N3O4/c1-3-6-14(9-11(17)19-4-2)8-10(16)15-7-5-13-12(15)18/h3H,1,4-9H2,2H3,(H,13,18). The van der Waals surface area contributed by atoms with Gasteiger partial charge in [-0.1, -0.05) is 6.08 Å². The number of nitrogens with one attached hydrogen (secondary N) is 1. The number of nitrogens with zero attached hydrogens (tertiary/aromatic N) is 2. The average Bonchev–Trinajstić information content (AvgIpc) is 2.76. The molecule has 1 rings (SSSR count). The zero-order chi connectivity index (χ0) is 14.3. The molecular weight excluding hydrogens is 250 g/mol. The van der Waals surface area contributed by atoms with E-state index in [4.69, 9.17) is 4.74 Å². The Kier molecular flexibility index (Phi) is 6.01. The van der Waals surface area contributed by atoms with Crippen LogP contribution >= 0.6 is 0 Å². The highest BCUT2D eigenvalue weighted by atomic mass is 16.5. The summed E-state index contributed by atoms with van der Waals surface area (Å²) in [6.07, 6.45) is 1.59. The number of carbonyl (C=O) groups excluding carboxylic acids is 3. The van der Waals surface area contributed by atoms with E-state index in [0.29, 0.717) is 26.2 Å². The fraction of sp³-hybridized carbons (Fsp3) is 0.583. The molecule has 3 amide bonds. The zero-order valence-corrected chi connectivity index (χ0v) is 11.1. The number of carbonyl (C=O) groups is 3. The molecule has 0 atom stereocenters. The van der Waals surface area contributed by atoms with Gasteiger partial charge in [0.1, 0.15) is 0 Å². The van der Waals surface area contributed by atoms with Crippen molar-refractivity contribution in [3.8, 4) is 0 Å². The lowest BCUT2D eigenvalue weighted by Crippen LogP contribution is -2.43. The number of urea groups is 1. The highest BCUT2D eigenvalue weighted by molar-refractivity contribution is 5.96. The lowest BCUT2D eigenvalue weighted by atomic mass is 10.4. The molecule has 1 aliphatic rings. The van der Waals surface area contributed by atoms with Gasteiger partial charge in [-0.15, -0.1) is 6.58 Å². The second-order valence-corrected chi connectivity index (χ2v) is 4.04. The molecule has 7 nitrogen and oxygen atoms in total. The number of hydrogen-bond donors (Lipinski definition) is 1. The van der Waals surface area contributed by atoms with E-state index >= 15 is 0 Å². The first-order valence-electron chi connectivity index (χ1n) is 6.15. The SMILES string of the molecule is C=CCN(CC(=O)OCC)CC(=O)N1CCNC1=O. The predicted molar refractivity (Wildman–Crippen MR) is 68.4 cm³/mol. The Hall–Kier alpha value is -1.89.